The van der Waals surface area contributed by atoms with E-state index in [1.54, 1.807) is 0 Å². The number of anilines is 1. The molecule has 29 heavy (non-hydrogen) atoms. The van der Waals surface area contributed by atoms with Gasteiger partial charge in [0.2, 0.25) is 5.95 Å². The van der Waals surface area contributed by atoms with Crippen molar-refractivity contribution >= 4 is 17.5 Å². The third kappa shape index (κ3) is 3.30. The van der Waals surface area contributed by atoms with Crippen molar-refractivity contribution in [3.8, 4) is 11.3 Å². The molecule has 4 nitrogen and oxygen atoms in total. The topological polar surface area (TPSA) is 41.1 Å². The molecule has 0 atom stereocenters. The molecule has 1 aliphatic heterocycles. The number of rotatable bonds is 3. The summed E-state index contributed by atoms with van der Waals surface area (Å²) < 4.78 is 0. The number of hydrogen-bond donors (Lipinski definition) is 1. The number of nitrogens with one attached hydrogen (secondary N) is 1. The molecule has 1 saturated heterocycles. The number of benzene rings is 2. The van der Waals surface area contributed by atoms with Crippen LogP contribution in [0.15, 0.2) is 54.7 Å². The van der Waals surface area contributed by atoms with Crippen molar-refractivity contribution in [3.63, 3.8) is 0 Å². The van der Waals surface area contributed by atoms with Gasteiger partial charge in [0.25, 0.3) is 0 Å². The summed E-state index contributed by atoms with van der Waals surface area (Å²) in [6.45, 7) is 3.07. The van der Waals surface area contributed by atoms with Crippen molar-refractivity contribution in [1.29, 1.82) is 0 Å². The number of likely N-dealkylation sites (tertiary alicyclic amines) is 1. The molecule has 1 N–H and O–H groups in total. The molecule has 2 heterocycles. The van der Waals surface area contributed by atoms with E-state index in [-0.39, 0.29) is 5.41 Å². The zero-order valence-corrected chi connectivity index (χ0v) is 17.4. The van der Waals surface area contributed by atoms with Crippen molar-refractivity contribution in [2.45, 2.75) is 31.2 Å². The molecule has 1 aliphatic carbocycles. The van der Waals surface area contributed by atoms with E-state index in [4.69, 9.17) is 16.6 Å². The second kappa shape index (κ2) is 7.43. The Hall–Kier alpha value is -2.43. The summed E-state index contributed by atoms with van der Waals surface area (Å²) in [6, 6.07) is 17.0. The van der Waals surface area contributed by atoms with E-state index < -0.39 is 0 Å². The Kier molecular flexibility index (Phi) is 4.76. The number of nitrogens with zero attached hydrogens (tertiary/aromatic N) is 3. The molecule has 1 fully saturated rings. The van der Waals surface area contributed by atoms with E-state index in [0.717, 1.165) is 49.6 Å². The van der Waals surface area contributed by atoms with Gasteiger partial charge in [0, 0.05) is 35.8 Å². The predicted molar refractivity (Wildman–Crippen MR) is 118 cm³/mol. The standard InChI is InChI=1S/C24H25ClN4/c1-26-23-27-15-18-14-24(20-8-4-3-7-19(20)22(18)28-23)10-12-29(13-11-24)16-17-6-2-5-9-21(17)25/h2-9,15H,10-14,16H2,1H3,(H,26,27,28). The van der Waals surface area contributed by atoms with Gasteiger partial charge in [0.1, 0.15) is 0 Å². The van der Waals surface area contributed by atoms with Crippen molar-refractivity contribution in [1.82, 2.24) is 14.9 Å². The van der Waals surface area contributed by atoms with Crippen LogP contribution in [-0.2, 0) is 18.4 Å². The van der Waals surface area contributed by atoms with Crippen LogP contribution in [0.5, 0.6) is 0 Å². The van der Waals surface area contributed by atoms with Gasteiger partial charge in [-0.3, -0.25) is 4.90 Å². The minimum Gasteiger partial charge on any atom is -0.357 e. The monoisotopic (exact) mass is 404 g/mol. The fraction of sp³-hybridized carbons (Fsp3) is 0.333. The average molecular weight is 405 g/mol. The van der Waals surface area contributed by atoms with Crippen LogP contribution in [0.2, 0.25) is 5.02 Å². The van der Waals surface area contributed by atoms with Crippen molar-refractivity contribution in [2.24, 2.45) is 0 Å². The largest absolute Gasteiger partial charge is 0.357 e. The minimum atomic E-state index is 0.172. The highest BCUT2D eigenvalue weighted by Gasteiger charge is 2.41. The van der Waals surface area contributed by atoms with Gasteiger partial charge in [-0.1, -0.05) is 54.1 Å². The summed E-state index contributed by atoms with van der Waals surface area (Å²) in [5, 5.41) is 3.94. The second-order valence-corrected chi connectivity index (χ2v) is 8.59. The maximum Gasteiger partial charge on any atom is 0.222 e. The molecule has 0 saturated carbocycles. The third-order valence-corrected chi connectivity index (χ3v) is 6.90. The molecule has 0 unspecified atom stereocenters. The fourth-order valence-corrected chi connectivity index (χ4v) is 5.15. The van der Waals surface area contributed by atoms with Crippen LogP contribution >= 0.6 is 11.6 Å². The lowest BCUT2D eigenvalue weighted by molar-refractivity contribution is 0.150. The zero-order chi connectivity index (χ0) is 19.8. The SMILES string of the molecule is CNc1ncc2c(n1)-c1ccccc1C1(CCN(Cc3ccccc3Cl)CC1)C2. The molecule has 0 bridgehead atoms. The molecule has 0 radical (unpaired) electrons. The highest BCUT2D eigenvalue weighted by Crippen LogP contribution is 2.48. The van der Waals surface area contributed by atoms with Crippen LogP contribution < -0.4 is 5.32 Å². The number of fused-ring (bicyclic) bond motifs is 4. The van der Waals surface area contributed by atoms with Gasteiger partial charge < -0.3 is 5.32 Å². The molecule has 5 heteroatoms. The van der Waals surface area contributed by atoms with Gasteiger partial charge in [-0.05, 0) is 55.1 Å². The molecule has 148 valence electrons. The first-order valence-corrected chi connectivity index (χ1v) is 10.7. The Balaban J connectivity index is 1.43. The molecule has 0 amide bonds. The molecule has 1 spiro atoms. The van der Waals surface area contributed by atoms with E-state index in [1.165, 1.54) is 22.3 Å². The summed E-state index contributed by atoms with van der Waals surface area (Å²) in [5.74, 6) is 0.684. The molecule has 3 aromatic rings. The van der Waals surface area contributed by atoms with Crippen molar-refractivity contribution in [2.75, 3.05) is 25.5 Å². The van der Waals surface area contributed by atoms with Crippen LogP contribution in [-0.4, -0.2) is 35.0 Å². The van der Waals surface area contributed by atoms with E-state index in [1.807, 2.05) is 25.4 Å². The van der Waals surface area contributed by atoms with Gasteiger partial charge in [-0.2, -0.15) is 0 Å². The molecular formula is C24H25ClN4. The number of halogens is 1. The Morgan fingerprint density at radius 1 is 1.07 bits per heavy atom. The normalized spacial score (nSPS) is 17.6. The number of piperidine rings is 1. The van der Waals surface area contributed by atoms with Gasteiger partial charge in [0.05, 0.1) is 5.69 Å². The van der Waals surface area contributed by atoms with Crippen LogP contribution in [0, 0.1) is 0 Å². The summed E-state index contributed by atoms with van der Waals surface area (Å²) in [7, 11) is 1.87. The van der Waals surface area contributed by atoms with E-state index in [9.17, 15) is 0 Å². The third-order valence-electron chi connectivity index (χ3n) is 6.54. The number of hydrogen-bond acceptors (Lipinski definition) is 4. The maximum absolute atomic E-state index is 6.39. The lowest BCUT2D eigenvalue weighted by Crippen LogP contribution is -2.45. The maximum atomic E-state index is 6.39. The summed E-state index contributed by atoms with van der Waals surface area (Å²) in [6.07, 6.45) is 5.31. The minimum absolute atomic E-state index is 0.172. The highest BCUT2D eigenvalue weighted by molar-refractivity contribution is 6.31. The Bertz CT molecular complexity index is 1040. The number of aromatic nitrogens is 2. The quantitative estimate of drug-likeness (QED) is 0.672. The van der Waals surface area contributed by atoms with Crippen LogP contribution in [0.1, 0.15) is 29.5 Å². The predicted octanol–water partition coefficient (Wildman–Crippen LogP) is 4.93. The van der Waals surface area contributed by atoms with Crippen LogP contribution in [0.4, 0.5) is 5.95 Å². The first-order chi connectivity index (χ1) is 14.2. The van der Waals surface area contributed by atoms with Gasteiger partial charge in [0.15, 0.2) is 0 Å². The Morgan fingerprint density at radius 2 is 1.83 bits per heavy atom. The van der Waals surface area contributed by atoms with Crippen molar-refractivity contribution < 1.29 is 0 Å². The second-order valence-electron chi connectivity index (χ2n) is 8.19. The molecule has 2 aromatic carbocycles. The highest BCUT2D eigenvalue weighted by atomic mass is 35.5. The molecule has 1 aromatic heterocycles. The Labute approximate surface area is 177 Å². The lowest BCUT2D eigenvalue weighted by atomic mass is 9.64. The molecular weight excluding hydrogens is 380 g/mol. The lowest BCUT2D eigenvalue weighted by Gasteiger charge is -2.45. The van der Waals surface area contributed by atoms with Gasteiger partial charge in [-0.15, -0.1) is 0 Å². The average Bonchev–Trinajstić information content (AvgIpc) is 2.77. The van der Waals surface area contributed by atoms with E-state index in [2.05, 4.69) is 51.6 Å². The van der Waals surface area contributed by atoms with Crippen LogP contribution in [0.25, 0.3) is 11.3 Å². The summed E-state index contributed by atoms with van der Waals surface area (Å²) in [5.41, 5.74) is 6.46. The smallest absolute Gasteiger partial charge is 0.222 e. The van der Waals surface area contributed by atoms with E-state index >= 15 is 0 Å². The summed E-state index contributed by atoms with van der Waals surface area (Å²) >= 11 is 6.39. The van der Waals surface area contributed by atoms with Gasteiger partial charge in [-0.25, -0.2) is 9.97 Å². The first kappa shape index (κ1) is 18.6. The first-order valence-electron chi connectivity index (χ1n) is 10.3. The Morgan fingerprint density at radius 3 is 2.62 bits per heavy atom. The molecule has 2 aliphatic rings. The van der Waals surface area contributed by atoms with Crippen LogP contribution in [0.3, 0.4) is 0 Å². The van der Waals surface area contributed by atoms with Gasteiger partial charge >= 0.3 is 0 Å². The fourth-order valence-electron chi connectivity index (χ4n) is 4.95. The zero-order valence-electron chi connectivity index (χ0n) is 16.7. The van der Waals surface area contributed by atoms with Crippen molar-refractivity contribution in [3.05, 3.63) is 76.4 Å². The summed E-state index contributed by atoms with van der Waals surface area (Å²) in [4.78, 5) is 11.8. The molecule has 5 rings (SSSR count). The van der Waals surface area contributed by atoms with E-state index in [0.29, 0.717) is 5.95 Å².